The van der Waals surface area contributed by atoms with E-state index >= 15 is 0 Å². The van der Waals surface area contributed by atoms with Gasteiger partial charge in [0.05, 0.1) is 14.2 Å². The molecule has 15 heavy (non-hydrogen) atoms. The highest BCUT2D eigenvalue weighted by atomic mass is 19.1. The normalized spacial score (nSPS) is 10.2. The van der Waals surface area contributed by atoms with Gasteiger partial charge in [0, 0.05) is 11.6 Å². The third kappa shape index (κ3) is 2.19. The fourth-order valence-corrected chi connectivity index (χ4v) is 1.41. The lowest BCUT2D eigenvalue weighted by Crippen LogP contribution is -2.02. The summed E-state index contributed by atoms with van der Waals surface area (Å²) in [5.41, 5.74) is 0.0219. The van der Waals surface area contributed by atoms with E-state index < -0.39 is 11.6 Å². The van der Waals surface area contributed by atoms with Crippen molar-refractivity contribution in [1.29, 1.82) is 0 Å². The van der Waals surface area contributed by atoms with Gasteiger partial charge in [0.15, 0.2) is 23.1 Å². The Hall–Kier alpha value is -1.32. The molecule has 0 saturated carbocycles. The first-order valence-corrected chi connectivity index (χ1v) is 4.74. The summed E-state index contributed by atoms with van der Waals surface area (Å²) in [5.74, 6) is -1.26. The quantitative estimate of drug-likeness (QED) is 0.770. The first-order valence-electron chi connectivity index (χ1n) is 4.74. The molecule has 1 aromatic rings. The van der Waals surface area contributed by atoms with Gasteiger partial charge in [0.2, 0.25) is 0 Å². The average Bonchev–Trinajstić information content (AvgIpc) is 2.25. The fraction of sp³-hybridized carbons (Fsp3) is 0.455. The van der Waals surface area contributed by atoms with Crippen LogP contribution in [0.2, 0.25) is 0 Å². The van der Waals surface area contributed by atoms with Gasteiger partial charge in [-0.25, -0.2) is 8.78 Å². The summed E-state index contributed by atoms with van der Waals surface area (Å²) in [6.07, 6.45) is 0.982. The van der Waals surface area contributed by atoms with E-state index in [0.29, 0.717) is 12.8 Å². The molecule has 1 rings (SSSR count). The lowest BCUT2D eigenvalue weighted by Gasteiger charge is -2.11. The third-order valence-corrected chi connectivity index (χ3v) is 2.16. The van der Waals surface area contributed by atoms with E-state index in [1.165, 1.54) is 20.3 Å². The van der Waals surface area contributed by atoms with Crippen LogP contribution in [-0.2, 0) is 6.42 Å². The SMILES string of the molecule is CCCc1c(F)c(OC)cc(OC)c1F. The van der Waals surface area contributed by atoms with Gasteiger partial charge in [0.1, 0.15) is 0 Å². The van der Waals surface area contributed by atoms with Gasteiger partial charge < -0.3 is 9.47 Å². The number of hydrogen-bond acceptors (Lipinski definition) is 2. The molecular weight excluding hydrogens is 202 g/mol. The van der Waals surface area contributed by atoms with E-state index in [9.17, 15) is 8.78 Å². The summed E-state index contributed by atoms with van der Waals surface area (Å²) >= 11 is 0. The fourth-order valence-electron chi connectivity index (χ4n) is 1.41. The van der Waals surface area contributed by atoms with Crippen molar-refractivity contribution in [3.8, 4) is 11.5 Å². The predicted molar refractivity (Wildman–Crippen MR) is 53.5 cm³/mol. The number of hydrogen-bond donors (Lipinski definition) is 0. The van der Waals surface area contributed by atoms with E-state index in [0.717, 1.165) is 0 Å². The maximum Gasteiger partial charge on any atom is 0.171 e. The highest BCUT2D eigenvalue weighted by Gasteiger charge is 2.18. The molecule has 1 aromatic carbocycles. The Morgan fingerprint density at radius 3 is 1.87 bits per heavy atom. The van der Waals surface area contributed by atoms with Crippen LogP contribution in [0.15, 0.2) is 6.07 Å². The van der Waals surface area contributed by atoms with Crippen molar-refractivity contribution in [3.05, 3.63) is 23.3 Å². The summed E-state index contributed by atoms with van der Waals surface area (Å²) in [7, 11) is 2.68. The van der Waals surface area contributed by atoms with Gasteiger partial charge in [-0.05, 0) is 6.42 Å². The smallest absolute Gasteiger partial charge is 0.171 e. The van der Waals surface area contributed by atoms with Crippen LogP contribution in [0.4, 0.5) is 8.78 Å². The molecule has 0 aliphatic heterocycles. The number of benzene rings is 1. The Morgan fingerprint density at radius 1 is 1.07 bits per heavy atom. The van der Waals surface area contributed by atoms with Crippen molar-refractivity contribution in [2.45, 2.75) is 19.8 Å². The largest absolute Gasteiger partial charge is 0.494 e. The summed E-state index contributed by atoms with van der Waals surface area (Å²) in [6.45, 7) is 1.85. The molecule has 2 nitrogen and oxygen atoms in total. The summed E-state index contributed by atoms with van der Waals surface area (Å²) in [5, 5.41) is 0. The van der Waals surface area contributed by atoms with E-state index in [1.54, 1.807) is 0 Å². The van der Waals surface area contributed by atoms with Crippen molar-refractivity contribution < 1.29 is 18.3 Å². The van der Waals surface area contributed by atoms with Crippen LogP contribution in [-0.4, -0.2) is 14.2 Å². The van der Waals surface area contributed by atoms with Crippen LogP contribution < -0.4 is 9.47 Å². The molecule has 0 aromatic heterocycles. The standard InChI is InChI=1S/C11H14F2O2/c1-4-5-7-10(12)8(14-2)6-9(15-3)11(7)13/h6H,4-5H2,1-3H3. The second-order valence-electron chi connectivity index (χ2n) is 3.14. The minimum absolute atomic E-state index is 0.0108. The number of ether oxygens (including phenoxy) is 2. The minimum atomic E-state index is -0.641. The average molecular weight is 216 g/mol. The Bertz CT molecular complexity index is 323. The Balaban J connectivity index is 3.32. The van der Waals surface area contributed by atoms with E-state index in [4.69, 9.17) is 9.47 Å². The summed E-state index contributed by atoms with van der Waals surface area (Å²) in [4.78, 5) is 0. The lowest BCUT2D eigenvalue weighted by molar-refractivity contribution is 0.353. The van der Waals surface area contributed by atoms with Gasteiger partial charge in [-0.15, -0.1) is 0 Å². The second-order valence-corrected chi connectivity index (χ2v) is 3.14. The molecule has 0 aliphatic rings. The monoisotopic (exact) mass is 216 g/mol. The van der Waals surface area contributed by atoms with E-state index in [2.05, 4.69) is 0 Å². The molecule has 0 N–H and O–H groups in total. The van der Waals surface area contributed by atoms with E-state index in [1.807, 2.05) is 6.92 Å². The maximum absolute atomic E-state index is 13.6. The molecular formula is C11H14F2O2. The molecule has 0 aliphatic carbocycles. The van der Waals surface area contributed by atoms with Gasteiger partial charge in [-0.1, -0.05) is 13.3 Å². The Morgan fingerprint density at radius 2 is 1.53 bits per heavy atom. The van der Waals surface area contributed by atoms with Gasteiger partial charge >= 0.3 is 0 Å². The zero-order chi connectivity index (χ0) is 11.4. The van der Waals surface area contributed by atoms with Crippen LogP contribution in [0.3, 0.4) is 0 Å². The molecule has 0 spiro atoms. The molecule has 0 unspecified atom stereocenters. The van der Waals surface area contributed by atoms with E-state index in [-0.39, 0.29) is 17.1 Å². The molecule has 0 fully saturated rings. The summed E-state index contributed by atoms with van der Waals surface area (Å²) in [6, 6.07) is 1.21. The predicted octanol–water partition coefficient (Wildman–Crippen LogP) is 2.93. The molecule has 0 bridgehead atoms. The molecule has 0 saturated heterocycles. The van der Waals surface area contributed by atoms with Crippen LogP contribution in [0.1, 0.15) is 18.9 Å². The Labute approximate surface area is 87.8 Å². The van der Waals surface area contributed by atoms with Crippen LogP contribution >= 0.6 is 0 Å². The van der Waals surface area contributed by atoms with Gasteiger partial charge in [-0.3, -0.25) is 0 Å². The molecule has 0 heterocycles. The molecule has 4 heteroatoms. The molecule has 0 atom stereocenters. The molecule has 84 valence electrons. The van der Waals surface area contributed by atoms with Crippen molar-refractivity contribution in [3.63, 3.8) is 0 Å². The minimum Gasteiger partial charge on any atom is -0.494 e. The summed E-state index contributed by atoms with van der Waals surface area (Å²) < 4.78 is 36.8. The Kier molecular flexibility index (Phi) is 3.88. The highest BCUT2D eigenvalue weighted by Crippen LogP contribution is 2.31. The maximum atomic E-state index is 13.6. The lowest BCUT2D eigenvalue weighted by atomic mass is 10.1. The number of halogens is 2. The molecule has 0 amide bonds. The third-order valence-electron chi connectivity index (χ3n) is 2.16. The first kappa shape index (κ1) is 11.8. The number of rotatable bonds is 4. The second kappa shape index (κ2) is 4.96. The van der Waals surface area contributed by atoms with Crippen molar-refractivity contribution in [1.82, 2.24) is 0 Å². The highest BCUT2D eigenvalue weighted by molar-refractivity contribution is 5.41. The zero-order valence-corrected chi connectivity index (χ0v) is 9.06. The van der Waals surface area contributed by atoms with Crippen LogP contribution in [0.25, 0.3) is 0 Å². The zero-order valence-electron chi connectivity index (χ0n) is 9.06. The van der Waals surface area contributed by atoms with Gasteiger partial charge in [-0.2, -0.15) is 0 Å². The van der Waals surface area contributed by atoms with Crippen molar-refractivity contribution in [2.24, 2.45) is 0 Å². The van der Waals surface area contributed by atoms with Crippen LogP contribution in [0.5, 0.6) is 11.5 Å². The topological polar surface area (TPSA) is 18.5 Å². The van der Waals surface area contributed by atoms with Crippen molar-refractivity contribution in [2.75, 3.05) is 14.2 Å². The van der Waals surface area contributed by atoms with Gasteiger partial charge in [0.25, 0.3) is 0 Å². The first-order chi connectivity index (χ1) is 7.15. The molecule has 0 radical (unpaired) electrons. The number of methoxy groups -OCH3 is 2. The van der Waals surface area contributed by atoms with Crippen molar-refractivity contribution >= 4 is 0 Å². The van der Waals surface area contributed by atoms with Crippen LogP contribution in [0, 0.1) is 11.6 Å².